The van der Waals surface area contributed by atoms with Gasteiger partial charge in [0.2, 0.25) is 6.41 Å². The highest BCUT2D eigenvalue weighted by Crippen LogP contribution is 2.11. The topological polar surface area (TPSA) is 38.3 Å². The van der Waals surface area contributed by atoms with Crippen LogP contribution in [0.3, 0.4) is 0 Å². The first kappa shape index (κ1) is 11.5. The van der Waals surface area contributed by atoms with Gasteiger partial charge in [0.1, 0.15) is 5.75 Å². The van der Waals surface area contributed by atoms with Gasteiger partial charge in [-0.15, -0.1) is 0 Å². The number of methoxy groups -OCH3 is 1. The van der Waals surface area contributed by atoms with Crippen LogP contribution in [-0.4, -0.2) is 13.5 Å². The van der Waals surface area contributed by atoms with Crippen LogP contribution in [0.5, 0.6) is 5.75 Å². The molecule has 0 fully saturated rings. The first-order valence-corrected chi connectivity index (χ1v) is 3.67. The van der Waals surface area contributed by atoms with Gasteiger partial charge in [-0.25, -0.2) is 0 Å². The van der Waals surface area contributed by atoms with E-state index in [1.165, 1.54) is 0 Å². The molecule has 1 amide bonds. The zero-order chi connectivity index (χ0) is 8.81. The molecule has 0 bridgehead atoms. The molecular weight excluding hydrogens is 166 g/mol. The van der Waals surface area contributed by atoms with Crippen LogP contribution in [0, 0.1) is 0 Å². The van der Waals surface area contributed by atoms with Crippen LogP contribution >= 0.6 is 0 Å². The SMILES string of the molecule is C.COc1cccc(CNC=O)c1. The van der Waals surface area contributed by atoms with E-state index >= 15 is 0 Å². The second-order valence-electron chi connectivity index (χ2n) is 2.35. The van der Waals surface area contributed by atoms with E-state index in [0.29, 0.717) is 13.0 Å². The van der Waals surface area contributed by atoms with Crippen LogP contribution in [0.15, 0.2) is 24.3 Å². The molecule has 1 rings (SSSR count). The van der Waals surface area contributed by atoms with E-state index in [2.05, 4.69) is 5.32 Å². The number of benzene rings is 1. The molecule has 72 valence electrons. The molecule has 13 heavy (non-hydrogen) atoms. The number of carbonyl (C=O) groups excluding carboxylic acids is 1. The minimum atomic E-state index is 0. The lowest BCUT2D eigenvalue weighted by Crippen LogP contribution is -2.09. The summed E-state index contributed by atoms with van der Waals surface area (Å²) < 4.78 is 5.02. The van der Waals surface area contributed by atoms with E-state index in [0.717, 1.165) is 11.3 Å². The van der Waals surface area contributed by atoms with Gasteiger partial charge in [0.05, 0.1) is 7.11 Å². The predicted molar refractivity (Wildman–Crippen MR) is 52.6 cm³/mol. The fourth-order valence-corrected chi connectivity index (χ4v) is 0.942. The van der Waals surface area contributed by atoms with Crippen LogP contribution < -0.4 is 10.1 Å². The van der Waals surface area contributed by atoms with E-state index < -0.39 is 0 Å². The first-order chi connectivity index (χ1) is 5.86. The molecular formula is C10H15NO2. The largest absolute Gasteiger partial charge is 0.497 e. The van der Waals surface area contributed by atoms with Crippen molar-refractivity contribution in [3.8, 4) is 5.75 Å². The summed E-state index contributed by atoms with van der Waals surface area (Å²) in [6.45, 7) is 0.542. The molecule has 3 heteroatoms. The van der Waals surface area contributed by atoms with Crippen LogP contribution in [-0.2, 0) is 11.3 Å². The number of carbonyl (C=O) groups is 1. The molecule has 0 atom stereocenters. The van der Waals surface area contributed by atoms with Crippen molar-refractivity contribution in [2.45, 2.75) is 14.0 Å². The van der Waals surface area contributed by atoms with Gasteiger partial charge in [-0.05, 0) is 17.7 Å². The van der Waals surface area contributed by atoms with Crippen LogP contribution in [0.25, 0.3) is 0 Å². The monoisotopic (exact) mass is 181 g/mol. The average molecular weight is 181 g/mol. The molecule has 1 N–H and O–H groups in total. The third-order valence-corrected chi connectivity index (χ3v) is 1.52. The highest BCUT2D eigenvalue weighted by Gasteiger charge is 1.93. The van der Waals surface area contributed by atoms with Crippen molar-refractivity contribution in [3.63, 3.8) is 0 Å². The fraction of sp³-hybridized carbons (Fsp3) is 0.300. The molecule has 1 aromatic rings. The van der Waals surface area contributed by atoms with Gasteiger partial charge in [-0.1, -0.05) is 19.6 Å². The van der Waals surface area contributed by atoms with Gasteiger partial charge in [0, 0.05) is 6.54 Å². The second-order valence-corrected chi connectivity index (χ2v) is 2.35. The van der Waals surface area contributed by atoms with Crippen LogP contribution in [0.4, 0.5) is 0 Å². The van der Waals surface area contributed by atoms with Crippen molar-refractivity contribution in [1.29, 1.82) is 0 Å². The standard InChI is InChI=1S/C9H11NO2.CH4/c1-12-9-4-2-3-8(5-9)6-10-7-11;/h2-5,7H,6H2,1H3,(H,10,11);1H4. The Morgan fingerprint density at radius 3 is 2.92 bits per heavy atom. The van der Waals surface area contributed by atoms with Gasteiger partial charge < -0.3 is 10.1 Å². The maximum atomic E-state index is 9.99. The van der Waals surface area contributed by atoms with E-state index in [1.54, 1.807) is 7.11 Å². The van der Waals surface area contributed by atoms with Gasteiger partial charge in [0.25, 0.3) is 0 Å². The van der Waals surface area contributed by atoms with Crippen molar-refractivity contribution in [1.82, 2.24) is 5.32 Å². The summed E-state index contributed by atoms with van der Waals surface area (Å²) in [4.78, 5) is 9.99. The van der Waals surface area contributed by atoms with Crippen molar-refractivity contribution in [2.75, 3.05) is 7.11 Å². The lowest BCUT2D eigenvalue weighted by atomic mass is 10.2. The Labute approximate surface area is 78.7 Å². The Balaban J connectivity index is 0.00000144. The Bertz CT molecular complexity index is 261. The van der Waals surface area contributed by atoms with Crippen LogP contribution in [0.1, 0.15) is 13.0 Å². The molecule has 0 aliphatic heterocycles. The molecule has 0 saturated heterocycles. The van der Waals surface area contributed by atoms with Crippen molar-refractivity contribution in [2.24, 2.45) is 0 Å². The molecule has 0 aliphatic carbocycles. The summed E-state index contributed by atoms with van der Waals surface area (Å²) in [6.07, 6.45) is 0.680. The van der Waals surface area contributed by atoms with E-state index in [9.17, 15) is 4.79 Å². The molecule has 0 aliphatic rings. The average Bonchev–Trinajstić information content (AvgIpc) is 2.15. The third kappa shape index (κ3) is 3.60. The highest BCUT2D eigenvalue weighted by atomic mass is 16.5. The fourth-order valence-electron chi connectivity index (χ4n) is 0.942. The predicted octanol–water partition coefficient (Wildman–Crippen LogP) is 1.58. The smallest absolute Gasteiger partial charge is 0.207 e. The Hall–Kier alpha value is -1.51. The molecule has 0 spiro atoms. The highest BCUT2D eigenvalue weighted by molar-refractivity contribution is 5.46. The summed E-state index contributed by atoms with van der Waals surface area (Å²) in [5.41, 5.74) is 1.03. The number of ether oxygens (including phenoxy) is 1. The van der Waals surface area contributed by atoms with Crippen molar-refractivity contribution < 1.29 is 9.53 Å². The Morgan fingerprint density at radius 2 is 2.31 bits per heavy atom. The van der Waals surface area contributed by atoms with E-state index in [-0.39, 0.29) is 7.43 Å². The summed E-state index contributed by atoms with van der Waals surface area (Å²) >= 11 is 0. The van der Waals surface area contributed by atoms with Crippen LogP contribution in [0.2, 0.25) is 0 Å². The van der Waals surface area contributed by atoms with Gasteiger partial charge in [0.15, 0.2) is 0 Å². The molecule has 0 radical (unpaired) electrons. The molecule has 0 unspecified atom stereocenters. The summed E-state index contributed by atoms with van der Waals surface area (Å²) in [5.74, 6) is 0.806. The zero-order valence-electron chi connectivity index (χ0n) is 6.91. The molecule has 0 heterocycles. The zero-order valence-corrected chi connectivity index (χ0v) is 6.91. The molecule has 1 aromatic carbocycles. The van der Waals surface area contributed by atoms with E-state index in [4.69, 9.17) is 4.74 Å². The molecule has 0 aromatic heterocycles. The lowest BCUT2D eigenvalue weighted by Gasteiger charge is -2.02. The lowest BCUT2D eigenvalue weighted by molar-refractivity contribution is -0.109. The summed E-state index contributed by atoms with van der Waals surface area (Å²) in [5, 5.41) is 2.58. The maximum Gasteiger partial charge on any atom is 0.207 e. The number of rotatable bonds is 4. The Morgan fingerprint density at radius 1 is 1.54 bits per heavy atom. The molecule has 3 nitrogen and oxygen atoms in total. The number of amides is 1. The third-order valence-electron chi connectivity index (χ3n) is 1.52. The van der Waals surface area contributed by atoms with Gasteiger partial charge in [-0.3, -0.25) is 4.79 Å². The normalized spacial score (nSPS) is 8.38. The Kier molecular flexibility index (Phi) is 5.35. The van der Waals surface area contributed by atoms with E-state index in [1.807, 2.05) is 24.3 Å². The number of hydrogen-bond acceptors (Lipinski definition) is 2. The van der Waals surface area contributed by atoms with Crippen molar-refractivity contribution >= 4 is 6.41 Å². The first-order valence-electron chi connectivity index (χ1n) is 3.67. The summed E-state index contributed by atoms with van der Waals surface area (Å²) in [7, 11) is 1.62. The number of hydrogen-bond donors (Lipinski definition) is 1. The molecule has 0 saturated carbocycles. The second kappa shape index (κ2) is 6.06. The quantitative estimate of drug-likeness (QED) is 0.716. The summed E-state index contributed by atoms with van der Waals surface area (Å²) in [6, 6.07) is 7.57. The van der Waals surface area contributed by atoms with Gasteiger partial charge >= 0.3 is 0 Å². The number of nitrogens with one attached hydrogen (secondary N) is 1. The minimum absolute atomic E-state index is 0. The van der Waals surface area contributed by atoms with Gasteiger partial charge in [-0.2, -0.15) is 0 Å². The maximum absolute atomic E-state index is 9.99. The minimum Gasteiger partial charge on any atom is -0.497 e. The van der Waals surface area contributed by atoms with Crippen molar-refractivity contribution in [3.05, 3.63) is 29.8 Å².